The first kappa shape index (κ1) is 19.7. The lowest BCUT2D eigenvalue weighted by Gasteiger charge is -2.24. The Morgan fingerprint density at radius 1 is 1.03 bits per heavy atom. The highest BCUT2D eigenvalue weighted by molar-refractivity contribution is 6.46. The minimum Gasteiger partial charge on any atom is -0.507 e. The average molecular weight is 396 g/mol. The highest BCUT2D eigenvalue weighted by atomic mass is 16.6. The quantitative estimate of drug-likeness (QED) is 0.251. The molecule has 1 saturated heterocycles. The molecule has 0 unspecified atom stereocenters. The van der Waals surface area contributed by atoms with Gasteiger partial charge in [0.2, 0.25) is 0 Å². The molecule has 0 saturated carbocycles. The predicted molar refractivity (Wildman–Crippen MR) is 101 cm³/mol. The van der Waals surface area contributed by atoms with Crippen LogP contribution >= 0.6 is 0 Å². The van der Waals surface area contributed by atoms with Crippen molar-refractivity contribution in [3.05, 3.63) is 81.4 Å². The summed E-state index contributed by atoms with van der Waals surface area (Å²) >= 11 is 0. The van der Waals surface area contributed by atoms with E-state index in [1.807, 2.05) is 0 Å². The normalized spacial score (nSPS) is 18.1. The van der Waals surface area contributed by atoms with Gasteiger partial charge in [0.15, 0.2) is 0 Å². The van der Waals surface area contributed by atoms with Crippen molar-refractivity contribution in [1.82, 2.24) is 4.90 Å². The molecule has 1 aliphatic heterocycles. The standard InChI is InChI=1S/C20H16N2O7/c23-15(24)10-11-21-17(13-8-4-5-9-14(13)22(28)29)16(19(26)20(21)27)18(25)12-6-2-1-3-7-12/h1-9,17,25H,10-11H2,(H,23,24)/b18-16-/t17-/m0/s1. The summed E-state index contributed by atoms with van der Waals surface area (Å²) in [6, 6.07) is 12.2. The molecule has 29 heavy (non-hydrogen) atoms. The molecular formula is C20H16N2O7. The van der Waals surface area contributed by atoms with E-state index in [1.165, 1.54) is 36.4 Å². The number of aliphatic hydroxyl groups excluding tert-OH is 1. The van der Waals surface area contributed by atoms with Crippen LogP contribution in [0.5, 0.6) is 0 Å². The second kappa shape index (κ2) is 7.93. The SMILES string of the molecule is O=C(O)CCN1C(=O)C(=O)/C(=C(\O)c2ccccc2)[C@@H]1c1ccccc1[N+](=O)[O-]. The minimum atomic E-state index is -1.28. The monoisotopic (exact) mass is 396 g/mol. The second-order valence-electron chi connectivity index (χ2n) is 6.32. The molecule has 2 aromatic rings. The number of amides is 1. The number of carboxylic acids is 1. The van der Waals surface area contributed by atoms with Gasteiger partial charge < -0.3 is 15.1 Å². The number of carbonyl (C=O) groups excluding carboxylic acids is 2. The topological polar surface area (TPSA) is 138 Å². The number of aliphatic carboxylic acids is 1. The number of carbonyl (C=O) groups is 3. The zero-order valence-corrected chi connectivity index (χ0v) is 15.0. The summed E-state index contributed by atoms with van der Waals surface area (Å²) in [5.41, 5.74) is -0.397. The Labute approximate surface area is 164 Å². The third kappa shape index (κ3) is 3.70. The number of likely N-dealkylation sites (tertiary alicyclic amines) is 1. The fraction of sp³-hybridized carbons (Fsp3) is 0.150. The van der Waals surface area contributed by atoms with E-state index in [2.05, 4.69) is 0 Å². The maximum atomic E-state index is 12.7. The lowest BCUT2D eigenvalue weighted by molar-refractivity contribution is -0.385. The number of para-hydroxylation sites is 1. The number of rotatable bonds is 6. The lowest BCUT2D eigenvalue weighted by Crippen LogP contribution is -2.32. The summed E-state index contributed by atoms with van der Waals surface area (Å²) in [5.74, 6) is -3.73. The molecule has 0 aromatic heterocycles. The van der Waals surface area contributed by atoms with E-state index >= 15 is 0 Å². The first-order chi connectivity index (χ1) is 13.8. The number of aliphatic hydroxyl groups is 1. The van der Waals surface area contributed by atoms with E-state index in [0.717, 1.165) is 4.90 Å². The second-order valence-corrected chi connectivity index (χ2v) is 6.32. The lowest BCUT2D eigenvalue weighted by atomic mass is 9.94. The fourth-order valence-electron chi connectivity index (χ4n) is 3.29. The highest BCUT2D eigenvalue weighted by Gasteiger charge is 2.48. The third-order valence-corrected chi connectivity index (χ3v) is 4.58. The van der Waals surface area contributed by atoms with Crippen LogP contribution in [-0.4, -0.2) is 44.2 Å². The van der Waals surface area contributed by atoms with Crippen molar-refractivity contribution < 1.29 is 29.5 Å². The zero-order chi connectivity index (χ0) is 21.1. The van der Waals surface area contributed by atoms with Gasteiger partial charge in [-0.05, 0) is 6.07 Å². The van der Waals surface area contributed by atoms with Gasteiger partial charge in [-0.25, -0.2) is 0 Å². The number of nitro benzene ring substituents is 1. The van der Waals surface area contributed by atoms with Crippen LogP contribution in [0.25, 0.3) is 5.76 Å². The molecule has 148 valence electrons. The van der Waals surface area contributed by atoms with E-state index < -0.39 is 40.8 Å². The van der Waals surface area contributed by atoms with Crippen molar-refractivity contribution in [2.45, 2.75) is 12.5 Å². The van der Waals surface area contributed by atoms with E-state index in [4.69, 9.17) is 5.11 Å². The number of nitro groups is 1. The first-order valence-electron chi connectivity index (χ1n) is 8.62. The van der Waals surface area contributed by atoms with Crippen molar-refractivity contribution in [1.29, 1.82) is 0 Å². The van der Waals surface area contributed by atoms with Crippen LogP contribution in [0.15, 0.2) is 60.2 Å². The molecule has 9 nitrogen and oxygen atoms in total. The Hall–Kier alpha value is -4.01. The van der Waals surface area contributed by atoms with Crippen LogP contribution in [-0.2, 0) is 14.4 Å². The first-order valence-corrected chi connectivity index (χ1v) is 8.62. The molecule has 0 spiro atoms. The molecule has 3 rings (SSSR count). The van der Waals surface area contributed by atoms with E-state index in [1.54, 1.807) is 18.2 Å². The Bertz CT molecular complexity index is 1030. The van der Waals surface area contributed by atoms with Crippen LogP contribution in [0.1, 0.15) is 23.6 Å². The summed E-state index contributed by atoms with van der Waals surface area (Å²) in [6.45, 7) is -0.345. The van der Waals surface area contributed by atoms with Crippen LogP contribution in [0.2, 0.25) is 0 Å². The molecule has 1 amide bonds. The Kier molecular flexibility index (Phi) is 5.40. The number of Topliss-reactive ketones (excluding diaryl/α,β-unsaturated/α-hetero) is 1. The summed E-state index contributed by atoms with van der Waals surface area (Å²) in [7, 11) is 0. The number of hydrogen-bond donors (Lipinski definition) is 2. The number of hydrogen-bond acceptors (Lipinski definition) is 6. The predicted octanol–water partition coefficient (Wildman–Crippen LogP) is 2.49. The van der Waals surface area contributed by atoms with Gasteiger partial charge in [0.05, 0.1) is 28.5 Å². The molecule has 0 bridgehead atoms. The highest BCUT2D eigenvalue weighted by Crippen LogP contribution is 2.42. The molecule has 1 heterocycles. The molecular weight excluding hydrogens is 380 g/mol. The summed E-state index contributed by atoms with van der Waals surface area (Å²) in [4.78, 5) is 48.1. The zero-order valence-electron chi connectivity index (χ0n) is 15.0. The number of ketones is 1. The molecule has 2 aromatic carbocycles. The van der Waals surface area contributed by atoms with Crippen molar-refractivity contribution in [2.75, 3.05) is 6.54 Å². The summed E-state index contributed by atoms with van der Waals surface area (Å²) in [6.07, 6.45) is -0.463. The van der Waals surface area contributed by atoms with Gasteiger partial charge >= 0.3 is 5.97 Å². The minimum absolute atomic E-state index is 0.0135. The molecule has 0 radical (unpaired) electrons. The molecule has 1 aliphatic rings. The van der Waals surface area contributed by atoms with Crippen LogP contribution in [0.4, 0.5) is 5.69 Å². The van der Waals surface area contributed by atoms with Crippen LogP contribution < -0.4 is 0 Å². The maximum absolute atomic E-state index is 12.7. The molecule has 1 atom stereocenters. The smallest absolute Gasteiger partial charge is 0.305 e. The largest absolute Gasteiger partial charge is 0.507 e. The molecule has 2 N–H and O–H groups in total. The van der Waals surface area contributed by atoms with Crippen molar-refractivity contribution in [2.24, 2.45) is 0 Å². The Balaban J connectivity index is 2.24. The van der Waals surface area contributed by atoms with Gasteiger partial charge in [-0.15, -0.1) is 0 Å². The van der Waals surface area contributed by atoms with Gasteiger partial charge in [0.1, 0.15) is 5.76 Å². The van der Waals surface area contributed by atoms with E-state index in [0.29, 0.717) is 0 Å². The summed E-state index contributed by atoms with van der Waals surface area (Å²) in [5, 5.41) is 31.3. The maximum Gasteiger partial charge on any atom is 0.305 e. The average Bonchev–Trinajstić information content (AvgIpc) is 2.96. The molecule has 9 heteroatoms. The van der Waals surface area contributed by atoms with Crippen molar-refractivity contribution in [3.8, 4) is 0 Å². The van der Waals surface area contributed by atoms with Crippen LogP contribution in [0.3, 0.4) is 0 Å². The Morgan fingerprint density at radius 2 is 1.66 bits per heavy atom. The summed E-state index contributed by atoms with van der Waals surface area (Å²) < 4.78 is 0. The fourth-order valence-corrected chi connectivity index (χ4v) is 3.29. The number of nitrogens with zero attached hydrogens (tertiary/aromatic N) is 2. The van der Waals surface area contributed by atoms with Gasteiger partial charge in [-0.3, -0.25) is 24.5 Å². The van der Waals surface area contributed by atoms with Gasteiger partial charge in [0, 0.05) is 18.2 Å². The third-order valence-electron chi connectivity index (χ3n) is 4.58. The van der Waals surface area contributed by atoms with E-state index in [9.17, 15) is 29.6 Å². The van der Waals surface area contributed by atoms with Gasteiger partial charge in [-0.2, -0.15) is 0 Å². The van der Waals surface area contributed by atoms with Crippen molar-refractivity contribution in [3.63, 3.8) is 0 Å². The van der Waals surface area contributed by atoms with Crippen LogP contribution in [0, 0.1) is 10.1 Å². The Morgan fingerprint density at radius 3 is 2.28 bits per heavy atom. The molecule has 1 fully saturated rings. The number of carboxylic acid groups (broad SMARTS) is 1. The van der Waals surface area contributed by atoms with E-state index in [-0.39, 0.29) is 28.9 Å². The van der Waals surface area contributed by atoms with Crippen molar-refractivity contribution >= 4 is 29.1 Å². The van der Waals surface area contributed by atoms with Gasteiger partial charge in [0.25, 0.3) is 17.4 Å². The number of benzene rings is 2. The van der Waals surface area contributed by atoms with Gasteiger partial charge in [-0.1, -0.05) is 42.5 Å². The molecule has 0 aliphatic carbocycles.